The molecule has 0 rings (SSSR count). The maximum atomic E-state index is 9.81. The predicted molar refractivity (Wildman–Crippen MR) is 28.2 cm³/mol. The van der Waals surface area contributed by atoms with E-state index in [1.54, 1.807) is 0 Å². The summed E-state index contributed by atoms with van der Waals surface area (Å²) in [6.07, 6.45) is 1.26. The maximum absolute atomic E-state index is 9.81. The van der Waals surface area contributed by atoms with Gasteiger partial charge >= 0.3 is 7.82 Å². The van der Waals surface area contributed by atoms with Crippen molar-refractivity contribution >= 4 is 7.82 Å². The summed E-state index contributed by atoms with van der Waals surface area (Å²) in [7, 11) is -4.25. The quantitative estimate of drug-likeness (QED) is 0.539. The second-order valence-electron chi connectivity index (χ2n) is 1.08. The van der Waals surface area contributed by atoms with Crippen LogP contribution < -0.4 is 0 Å². The van der Waals surface area contributed by atoms with E-state index in [4.69, 9.17) is 9.79 Å². The van der Waals surface area contributed by atoms with Gasteiger partial charge in [-0.1, -0.05) is 6.08 Å². The van der Waals surface area contributed by atoms with Crippen molar-refractivity contribution in [3.05, 3.63) is 12.7 Å². The van der Waals surface area contributed by atoms with Gasteiger partial charge in [0.05, 0.1) is 6.61 Å². The fraction of sp³-hybridized carbons (Fsp3) is 0.333. The van der Waals surface area contributed by atoms with Gasteiger partial charge in [-0.05, 0) is 0 Å². The van der Waals surface area contributed by atoms with E-state index in [9.17, 15) is 4.57 Å². The van der Waals surface area contributed by atoms with Gasteiger partial charge in [-0.2, -0.15) is 0 Å². The van der Waals surface area contributed by atoms with E-state index in [-0.39, 0.29) is 32.8 Å². The molecule has 0 aliphatic carbocycles. The Hall–Kier alpha value is 0.733. The molecule has 0 saturated heterocycles. The molecule has 6 heteroatoms. The molecule has 0 aliphatic heterocycles. The van der Waals surface area contributed by atoms with Crippen LogP contribution in [0.2, 0.25) is 0 Å². The molecule has 2 N–H and O–H groups in total. The van der Waals surface area contributed by atoms with E-state index >= 15 is 0 Å². The van der Waals surface area contributed by atoms with Crippen LogP contribution in [0, 0.1) is 0 Å². The van der Waals surface area contributed by atoms with Crippen molar-refractivity contribution in [2.45, 2.75) is 0 Å². The third kappa shape index (κ3) is 12.0. The summed E-state index contributed by atoms with van der Waals surface area (Å²) in [5, 5.41) is 0. The second kappa shape index (κ2) is 5.51. The molecule has 0 atom stereocenters. The number of phosphoric acid groups is 1. The molecule has 0 spiro atoms. The van der Waals surface area contributed by atoms with E-state index in [0.29, 0.717) is 0 Å². The zero-order chi connectivity index (χ0) is 6.62. The SMILES string of the molecule is C=CCOP(=O)(O)O.[Zr]. The first-order valence-corrected chi connectivity index (χ1v) is 3.40. The van der Waals surface area contributed by atoms with E-state index in [0.717, 1.165) is 0 Å². The van der Waals surface area contributed by atoms with E-state index < -0.39 is 7.82 Å². The molecule has 52 valence electrons. The van der Waals surface area contributed by atoms with Crippen molar-refractivity contribution in [1.82, 2.24) is 0 Å². The summed E-state index contributed by atoms with van der Waals surface area (Å²) >= 11 is 0. The van der Waals surface area contributed by atoms with Crippen LogP contribution in [0.15, 0.2) is 12.7 Å². The molecular formula is C3H7O4PZr. The van der Waals surface area contributed by atoms with Gasteiger partial charge in [-0.3, -0.25) is 4.52 Å². The van der Waals surface area contributed by atoms with Crippen molar-refractivity contribution in [3.63, 3.8) is 0 Å². The summed E-state index contributed by atoms with van der Waals surface area (Å²) in [6, 6.07) is 0. The van der Waals surface area contributed by atoms with Crippen molar-refractivity contribution in [3.8, 4) is 0 Å². The standard InChI is InChI=1S/C3H7O4P.Zr/c1-2-3-7-8(4,5)6;/h2H,1,3H2,(H2,4,5,6);. The van der Waals surface area contributed by atoms with Gasteiger partial charge in [0.1, 0.15) is 0 Å². The van der Waals surface area contributed by atoms with Gasteiger partial charge in [-0.25, -0.2) is 4.57 Å². The molecule has 4 nitrogen and oxygen atoms in total. The molecule has 0 unspecified atom stereocenters. The third-order valence-electron chi connectivity index (χ3n) is 0.361. The van der Waals surface area contributed by atoms with Crippen LogP contribution >= 0.6 is 7.82 Å². The molecule has 0 aromatic heterocycles. The molecule has 0 amide bonds. The van der Waals surface area contributed by atoms with Crippen LogP contribution in [-0.2, 0) is 35.3 Å². The molecule has 0 bridgehead atoms. The molecule has 0 saturated carbocycles. The Labute approximate surface area is 72.3 Å². The first kappa shape index (κ1) is 12.4. The van der Waals surface area contributed by atoms with Gasteiger partial charge in [0.2, 0.25) is 0 Å². The zero-order valence-corrected chi connectivity index (χ0v) is 8.00. The van der Waals surface area contributed by atoms with Crippen molar-refractivity contribution < 1.29 is 45.1 Å². The number of hydrogen-bond donors (Lipinski definition) is 2. The Kier molecular flexibility index (Phi) is 7.60. The Bertz CT molecular complexity index is 119. The van der Waals surface area contributed by atoms with E-state index in [1.807, 2.05) is 0 Å². The van der Waals surface area contributed by atoms with Gasteiger partial charge in [-0.15, -0.1) is 6.58 Å². The van der Waals surface area contributed by atoms with Gasteiger partial charge in [0, 0.05) is 26.2 Å². The summed E-state index contributed by atoms with van der Waals surface area (Å²) in [4.78, 5) is 16.0. The summed E-state index contributed by atoms with van der Waals surface area (Å²) in [5.74, 6) is 0. The monoisotopic (exact) mass is 228 g/mol. The third-order valence-corrected chi connectivity index (χ3v) is 0.846. The largest absolute Gasteiger partial charge is 0.469 e. The molecule has 0 heterocycles. The van der Waals surface area contributed by atoms with Gasteiger partial charge in [0.25, 0.3) is 0 Å². The number of phosphoric ester groups is 1. The first-order valence-electron chi connectivity index (χ1n) is 1.87. The Balaban J connectivity index is 0. The Morgan fingerprint density at radius 1 is 1.67 bits per heavy atom. The minimum Gasteiger partial charge on any atom is -0.303 e. The fourth-order valence-electron chi connectivity index (χ4n) is 0.150. The Morgan fingerprint density at radius 3 is 2.22 bits per heavy atom. The molecule has 9 heavy (non-hydrogen) atoms. The van der Waals surface area contributed by atoms with Crippen molar-refractivity contribution in [2.24, 2.45) is 0 Å². The molecule has 0 aromatic carbocycles. The van der Waals surface area contributed by atoms with Crippen molar-refractivity contribution in [2.75, 3.05) is 6.61 Å². The molecule has 0 aliphatic rings. The summed E-state index contributed by atoms with van der Waals surface area (Å²) in [5.41, 5.74) is 0. The van der Waals surface area contributed by atoms with Crippen LogP contribution in [0.1, 0.15) is 0 Å². The number of rotatable bonds is 3. The molecule has 0 fully saturated rings. The minimum absolute atomic E-state index is 0. The van der Waals surface area contributed by atoms with E-state index in [1.165, 1.54) is 6.08 Å². The fourth-order valence-corrected chi connectivity index (χ4v) is 0.449. The topological polar surface area (TPSA) is 66.8 Å². The zero-order valence-electron chi connectivity index (χ0n) is 4.65. The Morgan fingerprint density at radius 2 is 2.11 bits per heavy atom. The predicted octanol–water partition coefficient (Wildman–Crippen LogP) is 0.279. The summed E-state index contributed by atoms with van der Waals surface area (Å²) < 4.78 is 13.7. The number of hydrogen-bond acceptors (Lipinski definition) is 2. The molecule has 0 radical (unpaired) electrons. The van der Waals surface area contributed by atoms with E-state index in [2.05, 4.69) is 11.1 Å². The first-order chi connectivity index (χ1) is 3.56. The molecular weight excluding hydrogens is 222 g/mol. The maximum Gasteiger partial charge on any atom is 0.469 e. The van der Waals surface area contributed by atoms with Crippen LogP contribution in [0.3, 0.4) is 0 Å². The van der Waals surface area contributed by atoms with Crippen LogP contribution in [0.25, 0.3) is 0 Å². The average Bonchev–Trinajstić information content (AvgIpc) is 1.59. The summed E-state index contributed by atoms with van der Waals surface area (Å²) in [6.45, 7) is 3.07. The smallest absolute Gasteiger partial charge is 0.303 e. The van der Waals surface area contributed by atoms with Gasteiger partial charge in [0.15, 0.2) is 0 Å². The van der Waals surface area contributed by atoms with Gasteiger partial charge < -0.3 is 9.79 Å². The van der Waals surface area contributed by atoms with Crippen LogP contribution in [0.4, 0.5) is 0 Å². The van der Waals surface area contributed by atoms with Crippen molar-refractivity contribution in [1.29, 1.82) is 0 Å². The normalized spacial score (nSPS) is 10.0. The second-order valence-corrected chi connectivity index (χ2v) is 2.31. The van der Waals surface area contributed by atoms with Crippen LogP contribution in [-0.4, -0.2) is 16.4 Å². The molecule has 0 aromatic rings. The van der Waals surface area contributed by atoms with Crippen LogP contribution in [0.5, 0.6) is 0 Å². The average molecular weight is 229 g/mol. The minimum atomic E-state index is -4.25.